The van der Waals surface area contributed by atoms with E-state index in [0.29, 0.717) is 12.8 Å². The van der Waals surface area contributed by atoms with Crippen LogP contribution in [0.5, 0.6) is 0 Å². The zero-order valence-corrected chi connectivity index (χ0v) is 10.8. The summed E-state index contributed by atoms with van der Waals surface area (Å²) in [5.74, 6) is -0.685. The Bertz CT molecular complexity index is 227. The van der Waals surface area contributed by atoms with E-state index < -0.39 is 22.3 Å². The van der Waals surface area contributed by atoms with Crippen LogP contribution in [0, 0.1) is 0 Å². The van der Waals surface area contributed by atoms with Crippen molar-refractivity contribution in [2.75, 3.05) is 5.75 Å². The van der Waals surface area contributed by atoms with Crippen molar-refractivity contribution in [2.45, 2.75) is 36.2 Å². The Hall–Kier alpha value is 1.28. The minimum atomic E-state index is -1.72. The third-order valence-corrected chi connectivity index (χ3v) is 3.95. The summed E-state index contributed by atoms with van der Waals surface area (Å²) in [7, 11) is 0. The molecule has 0 saturated carbocycles. The van der Waals surface area contributed by atoms with Crippen molar-refractivity contribution in [1.82, 2.24) is 0 Å². The first-order valence-corrected chi connectivity index (χ1v) is 6.92. The van der Waals surface area contributed by atoms with Crippen LogP contribution in [0.3, 0.4) is 0 Å². The number of aliphatic carboxylic acids is 1. The summed E-state index contributed by atoms with van der Waals surface area (Å²) in [4.78, 5) is 10.5. The Labute approximate surface area is 131 Å². The van der Waals surface area contributed by atoms with Crippen LogP contribution >= 0.6 is 25.3 Å². The molecule has 0 heterocycles. The van der Waals surface area contributed by atoms with Crippen LogP contribution in [0.15, 0.2) is 0 Å². The van der Waals surface area contributed by atoms with Crippen molar-refractivity contribution >= 4 is 71.9 Å². The predicted molar refractivity (Wildman–Crippen MR) is 74.4 cm³/mol. The fourth-order valence-corrected chi connectivity index (χ4v) is 1.99. The van der Waals surface area contributed by atoms with E-state index in [1.54, 1.807) is 0 Å². The van der Waals surface area contributed by atoms with E-state index in [4.69, 9.17) is 9.66 Å². The second-order valence-corrected chi connectivity index (χ2v) is 5.50. The van der Waals surface area contributed by atoms with Crippen LogP contribution in [0.25, 0.3) is 0 Å². The quantitative estimate of drug-likeness (QED) is 0.231. The molecular formula is C8H17NaO4S3. The third-order valence-electron chi connectivity index (χ3n) is 1.94. The molecule has 0 rings (SSSR count). The molecule has 0 saturated heterocycles. The van der Waals surface area contributed by atoms with E-state index >= 15 is 0 Å². The van der Waals surface area contributed by atoms with E-state index in [9.17, 15) is 9.00 Å². The van der Waals surface area contributed by atoms with Crippen molar-refractivity contribution in [1.29, 1.82) is 0 Å². The number of rotatable bonds is 8. The van der Waals surface area contributed by atoms with Gasteiger partial charge in [-0.3, -0.25) is 4.79 Å². The Kier molecular flexibility index (Phi) is 13.9. The van der Waals surface area contributed by atoms with E-state index in [1.165, 1.54) is 0 Å². The van der Waals surface area contributed by atoms with Crippen LogP contribution in [-0.4, -0.2) is 65.6 Å². The average Bonchev–Trinajstić information content (AvgIpc) is 2.15. The fraction of sp³-hybridized carbons (Fsp3) is 0.875. The summed E-state index contributed by atoms with van der Waals surface area (Å²) in [5.41, 5.74) is 0. The molecule has 3 unspecified atom stereocenters. The number of carboxylic acids is 1. The van der Waals surface area contributed by atoms with Crippen molar-refractivity contribution in [3.8, 4) is 0 Å². The molecule has 0 aromatic carbocycles. The standard InChI is InChI=1S/C8H16O4S3.Na.H/c9-8(10)7(14)6(13)4-2-1-3-5-15(11)12;;/h6-7,13-14H,1-5H2,(H,9,10)(H,11,12);;. The van der Waals surface area contributed by atoms with Gasteiger partial charge in [-0.15, -0.1) is 0 Å². The molecule has 0 fully saturated rings. The molecule has 0 aliphatic heterocycles. The number of thiol groups is 2. The number of carboxylic acid groups (broad SMARTS) is 1. The Morgan fingerprint density at radius 3 is 2.25 bits per heavy atom. The first-order valence-electron chi connectivity index (χ1n) is 4.61. The van der Waals surface area contributed by atoms with Gasteiger partial charge in [0.2, 0.25) is 0 Å². The maximum absolute atomic E-state index is 10.5. The molecule has 0 aromatic rings. The van der Waals surface area contributed by atoms with Gasteiger partial charge in [0.05, 0.1) is 0 Å². The van der Waals surface area contributed by atoms with Crippen LogP contribution in [0.1, 0.15) is 25.7 Å². The van der Waals surface area contributed by atoms with Gasteiger partial charge in [-0.1, -0.05) is 12.8 Å². The second-order valence-electron chi connectivity index (χ2n) is 3.23. The minimum absolute atomic E-state index is 0. The molecule has 4 nitrogen and oxygen atoms in total. The zero-order valence-electron chi connectivity index (χ0n) is 8.20. The van der Waals surface area contributed by atoms with Gasteiger partial charge in [0.15, 0.2) is 11.1 Å². The molecule has 92 valence electrons. The second kappa shape index (κ2) is 11.4. The first kappa shape index (κ1) is 19.6. The van der Waals surface area contributed by atoms with E-state index in [1.807, 2.05) is 0 Å². The summed E-state index contributed by atoms with van der Waals surface area (Å²) in [6.07, 6.45) is 2.94. The van der Waals surface area contributed by atoms with Gasteiger partial charge in [-0.2, -0.15) is 25.3 Å². The van der Waals surface area contributed by atoms with E-state index in [0.717, 1.165) is 12.8 Å². The third kappa shape index (κ3) is 10.4. The molecule has 0 aliphatic carbocycles. The predicted octanol–water partition coefficient (Wildman–Crippen LogP) is 0.801. The molecule has 0 amide bonds. The van der Waals surface area contributed by atoms with Gasteiger partial charge < -0.3 is 9.66 Å². The summed E-state index contributed by atoms with van der Waals surface area (Å²) in [6, 6.07) is 0. The summed E-state index contributed by atoms with van der Waals surface area (Å²) >= 11 is 6.33. The monoisotopic (exact) mass is 296 g/mol. The number of unbranched alkanes of at least 4 members (excludes halogenated alkanes) is 2. The molecule has 0 spiro atoms. The van der Waals surface area contributed by atoms with Gasteiger partial charge in [-0.05, 0) is 12.8 Å². The van der Waals surface area contributed by atoms with Crippen molar-refractivity contribution in [2.24, 2.45) is 0 Å². The fourth-order valence-electron chi connectivity index (χ4n) is 1.08. The maximum atomic E-state index is 10.5. The van der Waals surface area contributed by atoms with Gasteiger partial charge in [0.1, 0.15) is 5.25 Å². The normalized spacial score (nSPS) is 15.9. The molecule has 16 heavy (non-hydrogen) atoms. The van der Waals surface area contributed by atoms with Gasteiger partial charge in [0, 0.05) is 11.0 Å². The topological polar surface area (TPSA) is 74.6 Å². The van der Waals surface area contributed by atoms with Crippen LogP contribution in [0.2, 0.25) is 0 Å². The summed E-state index contributed by atoms with van der Waals surface area (Å²) < 4.78 is 18.8. The van der Waals surface area contributed by atoms with E-state index in [2.05, 4.69) is 25.3 Å². The van der Waals surface area contributed by atoms with Crippen LogP contribution in [-0.2, 0) is 15.9 Å². The molecule has 2 N–H and O–H groups in total. The van der Waals surface area contributed by atoms with Crippen LogP contribution < -0.4 is 0 Å². The SMILES string of the molecule is O=C(O)C(S)C(S)CCCCCS(=O)O.[NaH]. The van der Waals surface area contributed by atoms with E-state index in [-0.39, 0.29) is 40.6 Å². The average molecular weight is 296 g/mol. The number of hydrogen-bond acceptors (Lipinski definition) is 4. The van der Waals surface area contributed by atoms with Crippen molar-refractivity contribution < 1.29 is 18.7 Å². The molecule has 8 heteroatoms. The Morgan fingerprint density at radius 2 is 1.81 bits per heavy atom. The van der Waals surface area contributed by atoms with Crippen LogP contribution in [0.4, 0.5) is 0 Å². The molecule has 0 radical (unpaired) electrons. The van der Waals surface area contributed by atoms with Crippen molar-refractivity contribution in [3.05, 3.63) is 0 Å². The number of carbonyl (C=O) groups is 1. The van der Waals surface area contributed by atoms with Gasteiger partial charge >= 0.3 is 35.5 Å². The Morgan fingerprint density at radius 1 is 1.25 bits per heavy atom. The first-order chi connectivity index (χ1) is 6.95. The summed E-state index contributed by atoms with van der Waals surface area (Å²) in [5, 5.41) is 7.61. The summed E-state index contributed by atoms with van der Waals surface area (Å²) in [6.45, 7) is 0. The molecule has 3 atom stereocenters. The molecular weight excluding hydrogens is 279 g/mol. The van der Waals surface area contributed by atoms with Gasteiger partial charge in [0.25, 0.3) is 0 Å². The Balaban J connectivity index is 0. The number of hydrogen-bond donors (Lipinski definition) is 4. The molecule has 0 bridgehead atoms. The van der Waals surface area contributed by atoms with Gasteiger partial charge in [-0.25, -0.2) is 4.21 Å². The molecule has 0 aromatic heterocycles. The molecule has 0 aliphatic rings. The zero-order chi connectivity index (χ0) is 11.8. The van der Waals surface area contributed by atoms with Crippen molar-refractivity contribution in [3.63, 3.8) is 0 Å².